The molecular weight excluding hydrogens is 221 g/mol. The topological polar surface area (TPSA) is 52.3 Å². The molecule has 94 valence electrons. The summed E-state index contributed by atoms with van der Waals surface area (Å²) in [5.41, 5.74) is 4.73. The van der Waals surface area contributed by atoms with E-state index in [4.69, 9.17) is 10.5 Å². The summed E-state index contributed by atoms with van der Waals surface area (Å²) in [6.45, 7) is 5.17. The molecule has 0 bridgehead atoms. The maximum absolute atomic E-state index is 13.2. The largest absolute Gasteiger partial charge is 0.468 e. The van der Waals surface area contributed by atoms with Gasteiger partial charge in [-0.15, -0.1) is 0 Å². The van der Waals surface area contributed by atoms with E-state index in [-0.39, 0.29) is 5.82 Å². The lowest BCUT2D eigenvalue weighted by Gasteiger charge is -2.39. The van der Waals surface area contributed by atoms with Gasteiger partial charge in [0.25, 0.3) is 0 Å². The van der Waals surface area contributed by atoms with Crippen LogP contribution in [0.5, 0.6) is 0 Å². The van der Waals surface area contributed by atoms with Gasteiger partial charge < -0.3 is 10.5 Å². The van der Waals surface area contributed by atoms with Crippen LogP contribution in [0.3, 0.4) is 0 Å². The summed E-state index contributed by atoms with van der Waals surface area (Å²) in [5, 5.41) is 0. The van der Waals surface area contributed by atoms with E-state index in [0.717, 1.165) is 0 Å². The van der Waals surface area contributed by atoms with Crippen molar-refractivity contribution in [3.05, 3.63) is 35.6 Å². The fourth-order valence-corrected chi connectivity index (χ4v) is 1.64. The van der Waals surface area contributed by atoms with Crippen molar-refractivity contribution in [2.24, 2.45) is 5.73 Å². The fourth-order valence-electron chi connectivity index (χ4n) is 1.64. The number of benzene rings is 1. The van der Waals surface area contributed by atoms with Crippen molar-refractivity contribution < 1.29 is 13.9 Å². The molecule has 0 heterocycles. The van der Waals surface area contributed by atoms with E-state index in [0.29, 0.717) is 5.56 Å². The normalized spacial score (nSPS) is 15.2. The number of rotatable bonds is 3. The second kappa shape index (κ2) is 4.45. The van der Waals surface area contributed by atoms with Gasteiger partial charge in [-0.05, 0) is 24.6 Å². The SMILES string of the molecule is COC(=O)C(C)(N)C(C)(C)c1cccc(F)c1. The highest BCUT2D eigenvalue weighted by molar-refractivity contribution is 5.82. The number of hydrogen-bond donors (Lipinski definition) is 1. The summed E-state index contributed by atoms with van der Waals surface area (Å²) in [4.78, 5) is 11.7. The van der Waals surface area contributed by atoms with Gasteiger partial charge in [0.05, 0.1) is 7.11 Å². The molecule has 1 aromatic rings. The summed E-state index contributed by atoms with van der Waals surface area (Å²) in [7, 11) is 1.29. The molecule has 0 amide bonds. The van der Waals surface area contributed by atoms with Crippen LogP contribution in [0.1, 0.15) is 26.3 Å². The second-order valence-corrected chi connectivity index (χ2v) is 4.83. The average Bonchev–Trinajstić information content (AvgIpc) is 2.27. The van der Waals surface area contributed by atoms with Crippen molar-refractivity contribution in [3.8, 4) is 0 Å². The van der Waals surface area contributed by atoms with E-state index in [9.17, 15) is 9.18 Å². The van der Waals surface area contributed by atoms with E-state index in [2.05, 4.69) is 0 Å². The second-order valence-electron chi connectivity index (χ2n) is 4.83. The Labute approximate surface area is 101 Å². The first-order valence-electron chi connectivity index (χ1n) is 5.37. The third-order valence-corrected chi connectivity index (χ3v) is 3.45. The van der Waals surface area contributed by atoms with Gasteiger partial charge in [0.15, 0.2) is 0 Å². The van der Waals surface area contributed by atoms with Crippen molar-refractivity contribution in [2.75, 3.05) is 7.11 Å². The first-order chi connectivity index (χ1) is 7.73. The van der Waals surface area contributed by atoms with Crippen LogP contribution in [0.15, 0.2) is 24.3 Å². The fraction of sp³-hybridized carbons (Fsp3) is 0.462. The highest BCUT2D eigenvalue weighted by atomic mass is 19.1. The Hall–Kier alpha value is -1.42. The van der Waals surface area contributed by atoms with Crippen LogP contribution < -0.4 is 5.73 Å². The van der Waals surface area contributed by atoms with Crippen LogP contribution in [0, 0.1) is 5.82 Å². The molecule has 0 aromatic heterocycles. The van der Waals surface area contributed by atoms with Crippen molar-refractivity contribution in [1.82, 2.24) is 0 Å². The van der Waals surface area contributed by atoms with Gasteiger partial charge in [-0.1, -0.05) is 26.0 Å². The summed E-state index contributed by atoms with van der Waals surface area (Å²) in [6, 6.07) is 6.08. The van der Waals surface area contributed by atoms with Gasteiger partial charge in [0.1, 0.15) is 11.4 Å². The number of halogens is 1. The molecule has 0 aliphatic rings. The molecule has 0 aliphatic heterocycles. The molecule has 17 heavy (non-hydrogen) atoms. The first kappa shape index (κ1) is 13.6. The van der Waals surface area contributed by atoms with E-state index in [1.54, 1.807) is 32.9 Å². The van der Waals surface area contributed by atoms with Crippen molar-refractivity contribution in [2.45, 2.75) is 31.7 Å². The van der Waals surface area contributed by atoms with Crippen molar-refractivity contribution in [1.29, 1.82) is 0 Å². The Morgan fingerprint density at radius 3 is 2.41 bits per heavy atom. The van der Waals surface area contributed by atoms with Gasteiger partial charge in [0.2, 0.25) is 0 Å². The smallest absolute Gasteiger partial charge is 0.326 e. The van der Waals surface area contributed by atoms with Gasteiger partial charge >= 0.3 is 5.97 Å². The predicted octanol–water partition coefficient (Wildman–Crippen LogP) is 1.99. The minimum atomic E-state index is -1.23. The minimum absolute atomic E-state index is 0.351. The molecule has 1 aromatic carbocycles. The molecule has 1 atom stereocenters. The lowest BCUT2D eigenvalue weighted by atomic mass is 9.69. The summed E-state index contributed by atoms with van der Waals surface area (Å²) in [6.07, 6.45) is 0. The zero-order chi connectivity index (χ0) is 13.3. The first-order valence-corrected chi connectivity index (χ1v) is 5.37. The third-order valence-electron chi connectivity index (χ3n) is 3.45. The number of nitrogens with two attached hydrogens (primary N) is 1. The maximum Gasteiger partial charge on any atom is 0.326 e. The standard InChI is InChI=1S/C13H18FNO2/c1-12(2,13(3,15)11(16)17-4)9-6-5-7-10(14)8-9/h5-8H,15H2,1-4H3. The Kier molecular flexibility index (Phi) is 3.57. The summed E-state index contributed by atoms with van der Waals surface area (Å²) >= 11 is 0. The van der Waals surface area contributed by atoms with Crippen molar-refractivity contribution >= 4 is 5.97 Å². The van der Waals surface area contributed by atoms with Crippen LogP contribution in [-0.2, 0) is 14.9 Å². The number of methoxy groups -OCH3 is 1. The Morgan fingerprint density at radius 2 is 1.94 bits per heavy atom. The monoisotopic (exact) mass is 239 g/mol. The Morgan fingerprint density at radius 1 is 1.35 bits per heavy atom. The molecule has 4 heteroatoms. The van der Waals surface area contributed by atoms with Gasteiger partial charge in [-0.2, -0.15) is 0 Å². The molecule has 0 spiro atoms. The molecule has 1 unspecified atom stereocenters. The molecule has 0 saturated carbocycles. The quantitative estimate of drug-likeness (QED) is 0.821. The number of ether oxygens (including phenoxy) is 1. The Balaban J connectivity index is 3.23. The lowest BCUT2D eigenvalue weighted by Crippen LogP contribution is -2.59. The molecule has 2 N–H and O–H groups in total. The van der Waals surface area contributed by atoms with E-state index in [1.807, 2.05) is 0 Å². The highest BCUT2D eigenvalue weighted by Gasteiger charge is 2.46. The van der Waals surface area contributed by atoms with Gasteiger partial charge in [0, 0.05) is 5.41 Å². The summed E-state index contributed by atoms with van der Waals surface area (Å²) < 4.78 is 17.9. The molecule has 1 rings (SSSR count). The number of carbonyl (C=O) groups is 1. The van der Waals surface area contributed by atoms with Gasteiger partial charge in [-0.25, -0.2) is 4.39 Å². The molecule has 0 aliphatic carbocycles. The van der Waals surface area contributed by atoms with E-state index < -0.39 is 16.9 Å². The molecule has 3 nitrogen and oxygen atoms in total. The number of hydrogen-bond acceptors (Lipinski definition) is 3. The van der Waals surface area contributed by atoms with Crippen molar-refractivity contribution in [3.63, 3.8) is 0 Å². The third kappa shape index (κ3) is 2.31. The number of esters is 1. The van der Waals surface area contributed by atoms with Crippen LogP contribution in [-0.4, -0.2) is 18.6 Å². The summed E-state index contributed by atoms with van der Waals surface area (Å²) in [5.74, 6) is -0.872. The highest BCUT2D eigenvalue weighted by Crippen LogP contribution is 2.34. The number of carbonyl (C=O) groups excluding carboxylic acids is 1. The van der Waals surface area contributed by atoms with Crippen LogP contribution >= 0.6 is 0 Å². The zero-order valence-electron chi connectivity index (χ0n) is 10.6. The van der Waals surface area contributed by atoms with E-state index in [1.165, 1.54) is 19.2 Å². The minimum Gasteiger partial charge on any atom is -0.468 e. The van der Waals surface area contributed by atoms with Gasteiger partial charge in [-0.3, -0.25) is 4.79 Å². The Bertz CT molecular complexity index is 427. The predicted molar refractivity (Wildman–Crippen MR) is 64.0 cm³/mol. The van der Waals surface area contributed by atoms with Crippen LogP contribution in [0.25, 0.3) is 0 Å². The maximum atomic E-state index is 13.2. The average molecular weight is 239 g/mol. The van der Waals surface area contributed by atoms with Crippen LogP contribution in [0.2, 0.25) is 0 Å². The molecule has 0 saturated heterocycles. The molecular formula is C13H18FNO2. The molecule has 0 radical (unpaired) electrons. The zero-order valence-corrected chi connectivity index (χ0v) is 10.6. The molecule has 0 fully saturated rings. The van der Waals surface area contributed by atoms with Crippen LogP contribution in [0.4, 0.5) is 4.39 Å². The van der Waals surface area contributed by atoms with E-state index >= 15 is 0 Å². The lowest BCUT2D eigenvalue weighted by molar-refractivity contribution is -0.148.